The lowest BCUT2D eigenvalue weighted by Crippen LogP contribution is -2.27. The molecule has 1 amide bonds. The molecule has 8 nitrogen and oxygen atoms in total. The Morgan fingerprint density at radius 1 is 1.03 bits per heavy atom. The standard InChI is InChI=1S/C22H29N5O3S/c1-4-23-31(29,30)18-13-11-17(12-14-18)21(28)25-22-24-19-9-7-8-10-20(19)27(22)16-15-26(5-2)6-3/h7-14,23H,4-6,15-16H2,1-3H3,(H,24,25,28). The molecule has 2 aromatic carbocycles. The van der Waals surface area contributed by atoms with Crippen molar-refractivity contribution in [1.82, 2.24) is 19.2 Å². The number of carbonyl (C=O) groups is 1. The summed E-state index contributed by atoms with van der Waals surface area (Å²) in [5.41, 5.74) is 2.12. The lowest BCUT2D eigenvalue weighted by molar-refractivity contribution is 0.102. The number of fused-ring (bicyclic) bond motifs is 1. The zero-order chi connectivity index (χ0) is 22.4. The zero-order valence-electron chi connectivity index (χ0n) is 18.1. The van der Waals surface area contributed by atoms with Gasteiger partial charge in [0.15, 0.2) is 0 Å². The minimum atomic E-state index is -3.56. The van der Waals surface area contributed by atoms with Crippen LogP contribution in [0.15, 0.2) is 53.4 Å². The predicted molar refractivity (Wildman–Crippen MR) is 123 cm³/mol. The smallest absolute Gasteiger partial charge is 0.257 e. The van der Waals surface area contributed by atoms with E-state index < -0.39 is 10.0 Å². The second-order valence-electron chi connectivity index (χ2n) is 7.08. The number of likely N-dealkylation sites (N-methyl/N-ethyl adjacent to an activating group) is 1. The number of hydrogen-bond acceptors (Lipinski definition) is 5. The second kappa shape index (κ2) is 10.0. The molecule has 0 atom stereocenters. The van der Waals surface area contributed by atoms with E-state index in [0.29, 0.717) is 24.6 Å². The number of benzene rings is 2. The summed E-state index contributed by atoms with van der Waals surface area (Å²) < 4.78 is 28.6. The fourth-order valence-electron chi connectivity index (χ4n) is 3.41. The molecule has 0 fully saturated rings. The molecule has 0 aliphatic heterocycles. The third-order valence-corrected chi connectivity index (χ3v) is 6.74. The molecule has 2 N–H and O–H groups in total. The second-order valence-corrected chi connectivity index (χ2v) is 8.85. The van der Waals surface area contributed by atoms with Crippen LogP contribution in [0.3, 0.4) is 0 Å². The Labute approximate surface area is 183 Å². The van der Waals surface area contributed by atoms with Crippen LogP contribution in [0.5, 0.6) is 0 Å². The summed E-state index contributed by atoms with van der Waals surface area (Å²) in [5, 5.41) is 2.89. The van der Waals surface area contributed by atoms with Crippen molar-refractivity contribution in [3.05, 3.63) is 54.1 Å². The Morgan fingerprint density at radius 2 is 1.71 bits per heavy atom. The van der Waals surface area contributed by atoms with Crippen molar-refractivity contribution in [3.63, 3.8) is 0 Å². The van der Waals surface area contributed by atoms with Crippen LogP contribution in [0.25, 0.3) is 11.0 Å². The molecule has 0 aliphatic rings. The topological polar surface area (TPSA) is 96.3 Å². The molecule has 1 aromatic heterocycles. The summed E-state index contributed by atoms with van der Waals surface area (Å²) in [6, 6.07) is 13.6. The average molecular weight is 444 g/mol. The molecule has 9 heteroatoms. The van der Waals surface area contributed by atoms with Gasteiger partial charge in [-0.15, -0.1) is 0 Å². The maximum atomic E-state index is 12.8. The first-order valence-electron chi connectivity index (χ1n) is 10.5. The van der Waals surface area contributed by atoms with Gasteiger partial charge in [0.05, 0.1) is 15.9 Å². The van der Waals surface area contributed by atoms with Gasteiger partial charge in [-0.2, -0.15) is 0 Å². The van der Waals surface area contributed by atoms with Gasteiger partial charge < -0.3 is 9.47 Å². The number of sulfonamides is 1. The third-order valence-electron chi connectivity index (χ3n) is 5.18. The highest BCUT2D eigenvalue weighted by atomic mass is 32.2. The Balaban J connectivity index is 1.84. The molecule has 0 saturated carbocycles. The minimum Gasteiger partial charge on any atom is -0.309 e. The highest BCUT2D eigenvalue weighted by molar-refractivity contribution is 7.89. The number of nitrogens with one attached hydrogen (secondary N) is 2. The number of anilines is 1. The summed E-state index contributed by atoms with van der Waals surface area (Å²) in [6.07, 6.45) is 0. The number of amides is 1. The van der Waals surface area contributed by atoms with Crippen LogP contribution in [0, 0.1) is 0 Å². The highest BCUT2D eigenvalue weighted by Crippen LogP contribution is 2.20. The number of nitrogens with zero attached hydrogens (tertiary/aromatic N) is 3. The van der Waals surface area contributed by atoms with Gasteiger partial charge in [0.1, 0.15) is 0 Å². The summed E-state index contributed by atoms with van der Waals surface area (Å²) in [4.78, 5) is 19.9. The fourth-order valence-corrected chi connectivity index (χ4v) is 4.45. The van der Waals surface area contributed by atoms with E-state index in [1.54, 1.807) is 6.92 Å². The van der Waals surface area contributed by atoms with Gasteiger partial charge in [0, 0.05) is 25.2 Å². The molecule has 31 heavy (non-hydrogen) atoms. The molecular weight excluding hydrogens is 414 g/mol. The van der Waals surface area contributed by atoms with Crippen LogP contribution in [0.2, 0.25) is 0 Å². The van der Waals surface area contributed by atoms with Crippen LogP contribution in [0.1, 0.15) is 31.1 Å². The molecule has 0 aliphatic carbocycles. The molecule has 3 rings (SSSR count). The first kappa shape index (κ1) is 22.9. The summed E-state index contributed by atoms with van der Waals surface area (Å²) in [6.45, 7) is 9.70. The van der Waals surface area contributed by atoms with E-state index in [-0.39, 0.29) is 10.8 Å². The zero-order valence-corrected chi connectivity index (χ0v) is 18.9. The summed E-state index contributed by atoms with van der Waals surface area (Å²) >= 11 is 0. The van der Waals surface area contributed by atoms with Crippen molar-refractivity contribution < 1.29 is 13.2 Å². The van der Waals surface area contributed by atoms with Gasteiger partial charge in [-0.1, -0.05) is 32.9 Å². The van der Waals surface area contributed by atoms with Gasteiger partial charge >= 0.3 is 0 Å². The van der Waals surface area contributed by atoms with Crippen LogP contribution in [-0.2, 0) is 16.6 Å². The van der Waals surface area contributed by atoms with E-state index in [4.69, 9.17) is 0 Å². The Bertz CT molecular complexity index is 1140. The van der Waals surface area contributed by atoms with Gasteiger partial charge in [-0.25, -0.2) is 18.1 Å². The van der Waals surface area contributed by atoms with Crippen LogP contribution < -0.4 is 10.0 Å². The lowest BCUT2D eigenvalue weighted by atomic mass is 10.2. The van der Waals surface area contributed by atoms with Gasteiger partial charge in [0.2, 0.25) is 16.0 Å². The lowest BCUT2D eigenvalue weighted by Gasteiger charge is -2.19. The van der Waals surface area contributed by atoms with E-state index in [1.807, 2.05) is 28.8 Å². The number of hydrogen-bond donors (Lipinski definition) is 2. The molecular formula is C22H29N5O3S. The van der Waals surface area contributed by atoms with Crippen LogP contribution >= 0.6 is 0 Å². The monoisotopic (exact) mass is 443 g/mol. The molecule has 166 valence electrons. The Hall–Kier alpha value is -2.75. The van der Waals surface area contributed by atoms with Crippen molar-refractivity contribution >= 4 is 32.9 Å². The molecule has 0 spiro atoms. The van der Waals surface area contributed by atoms with E-state index in [2.05, 4.69) is 33.8 Å². The first-order valence-corrected chi connectivity index (χ1v) is 12.0. The molecule has 3 aromatic rings. The van der Waals surface area contributed by atoms with E-state index in [1.165, 1.54) is 24.3 Å². The SMILES string of the molecule is CCNS(=O)(=O)c1ccc(C(=O)Nc2nc3ccccc3n2CCN(CC)CC)cc1. The van der Waals surface area contributed by atoms with Crippen molar-refractivity contribution in [2.75, 3.05) is 31.5 Å². The number of rotatable bonds is 10. The number of aromatic nitrogens is 2. The van der Waals surface area contributed by atoms with Crippen LogP contribution in [0.4, 0.5) is 5.95 Å². The third kappa shape index (κ3) is 5.30. The van der Waals surface area contributed by atoms with E-state index >= 15 is 0 Å². The number of para-hydroxylation sites is 2. The molecule has 1 heterocycles. The van der Waals surface area contributed by atoms with Crippen molar-refractivity contribution in [1.29, 1.82) is 0 Å². The molecule has 0 bridgehead atoms. The van der Waals surface area contributed by atoms with Crippen molar-refractivity contribution in [2.45, 2.75) is 32.2 Å². The van der Waals surface area contributed by atoms with Gasteiger partial charge in [-0.05, 0) is 49.5 Å². The number of carbonyl (C=O) groups excluding carboxylic acids is 1. The quantitative estimate of drug-likeness (QED) is 0.502. The van der Waals surface area contributed by atoms with Gasteiger partial charge in [0.25, 0.3) is 5.91 Å². The van der Waals surface area contributed by atoms with Crippen molar-refractivity contribution in [2.24, 2.45) is 0 Å². The normalized spacial score (nSPS) is 11.9. The summed E-state index contributed by atoms with van der Waals surface area (Å²) in [7, 11) is -3.56. The van der Waals surface area contributed by atoms with E-state index in [0.717, 1.165) is 30.7 Å². The fraction of sp³-hybridized carbons (Fsp3) is 0.364. The molecule has 0 radical (unpaired) electrons. The Morgan fingerprint density at radius 3 is 2.35 bits per heavy atom. The first-order chi connectivity index (χ1) is 14.9. The van der Waals surface area contributed by atoms with E-state index in [9.17, 15) is 13.2 Å². The Kier molecular flexibility index (Phi) is 7.42. The average Bonchev–Trinajstić information content (AvgIpc) is 3.11. The van der Waals surface area contributed by atoms with Crippen LogP contribution in [-0.4, -0.2) is 55.0 Å². The largest absolute Gasteiger partial charge is 0.309 e. The van der Waals surface area contributed by atoms with Gasteiger partial charge in [-0.3, -0.25) is 10.1 Å². The molecule has 0 unspecified atom stereocenters. The highest BCUT2D eigenvalue weighted by Gasteiger charge is 2.17. The minimum absolute atomic E-state index is 0.123. The number of imidazole rings is 1. The maximum Gasteiger partial charge on any atom is 0.257 e. The molecule has 0 saturated heterocycles. The van der Waals surface area contributed by atoms with Crippen molar-refractivity contribution in [3.8, 4) is 0 Å². The predicted octanol–water partition coefficient (Wildman–Crippen LogP) is 2.93. The maximum absolute atomic E-state index is 12.8. The summed E-state index contributed by atoms with van der Waals surface area (Å²) in [5.74, 6) is 0.134.